The number of nitrogens with two attached hydrogens (primary N) is 1. The highest BCUT2D eigenvalue weighted by molar-refractivity contribution is 6.35. The Morgan fingerprint density at radius 1 is 0.952 bits per heavy atom. The average molecular weight is 304 g/mol. The van der Waals surface area contributed by atoms with Gasteiger partial charge in [-0.15, -0.1) is 0 Å². The van der Waals surface area contributed by atoms with Crippen LogP contribution in [0.25, 0.3) is 0 Å². The molecule has 0 amide bonds. The van der Waals surface area contributed by atoms with Gasteiger partial charge >= 0.3 is 0 Å². The van der Waals surface area contributed by atoms with Crippen molar-refractivity contribution < 1.29 is 0 Å². The minimum atomic E-state index is 0.339. The highest BCUT2D eigenvalue weighted by atomic mass is 35.5. The number of para-hydroxylation sites is 1. The molecule has 110 valence electrons. The number of nitrogens with zero attached hydrogens (tertiary/aromatic N) is 4. The smallest absolute Gasteiger partial charge is 0.153 e. The summed E-state index contributed by atoms with van der Waals surface area (Å²) in [6, 6.07) is 10.5. The molecule has 2 heterocycles. The van der Waals surface area contributed by atoms with Crippen LogP contribution in [0.1, 0.15) is 6.42 Å². The average Bonchev–Trinajstić information content (AvgIpc) is 2.77. The van der Waals surface area contributed by atoms with Gasteiger partial charge in [-0.05, 0) is 18.6 Å². The first-order valence-electron chi connectivity index (χ1n) is 7.06. The molecule has 5 nitrogen and oxygen atoms in total. The Labute approximate surface area is 129 Å². The summed E-state index contributed by atoms with van der Waals surface area (Å²) in [5.41, 5.74) is 7.02. The van der Waals surface area contributed by atoms with Crippen molar-refractivity contribution in [1.82, 2.24) is 9.97 Å². The van der Waals surface area contributed by atoms with Crippen molar-refractivity contribution in [2.45, 2.75) is 6.42 Å². The molecule has 1 aliphatic heterocycles. The van der Waals surface area contributed by atoms with Crippen LogP contribution >= 0.6 is 11.6 Å². The quantitative estimate of drug-likeness (QED) is 0.923. The van der Waals surface area contributed by atoms with E-state index in [2.05, 4.69) is 44.0 Å². The van der Waals surface area contributed by atoms with E-state index in [1.807, 2.05) is 6.07 Å². The fraction of sp³-hybridized carbons (Fsp3) is 0.333. The van der Waals surface area contributed by atoms with Crippen molar-refractivity contribution in [3.8, 4) is 0 Å². The SMILES string of the molecule is Nc1ncnc(N2CCCN(c3ccccc3)CC2)c1Cl. The fourth-order valence-electron chi connectivity index (χ4n) is 2.62. The minimum absolute atomic E-state index is 0.339. The highest BCUT2D eigenvalue weighted by Crippen LogP contribution is 2.28. The maximum atomic E-state index is 6.23. The van der Waals surface area contributed by atoms with E-state index in [0.717, 1.165) is 38.4 Å². The van der Waals surface area contributed by atoms with Gasteiger partial charge in [0.25, 0.3) is 0 Å². The molecule has 1 aliphatic rings. The molecule has 0 atom stereocenters. The number of aromatic nitrogens is 2. The number of anilines is 3. The van der Waals surface area contributed by atoms with Gasteiger partial charge in [0, 0.05) is 31.9 Å². The molecule has 0 saturated carbocycles. The molecule has 2 N–H and O–H groups in total. The Morgan fingerprint density at radius 2 is 1.67 bits per heavy atom. The van der Waals surface area contributed by atoms with Gasteiger partial charge in [0.1, 0.15) is 17.2 Å². The first-order valence-corrected chi connectivity index (χ1v) is 7.44. The van der Waals surface area contributed by atoms with Gasteiger partial charge in [-0.1, -0.05) is 29.8 Å². The van der Waals surface area contributed by atoms with E-state index >= 15 is 0 Å². The Hall–Kier alpha value is -2.01. The van der Waals surface area contributed by atoms with Crippen molar-refractivity contribution in [3.05, 3.63) is 41.7 Å². The Kier molecular flexibility index (Phi) is 4.10. The van der Waals surface area contributed by atoms with Crippen LogP contribution in [-0.4, -0.2) is 36.1 Å². The molecule has 0 aliphatic carbocycles. The zero-order chi connectivity index (χ0) is 14.7. The Balaban J connectivity index is 1.75. The van der Waals surface area contributed by atoms with Crippen molar-refractivity contribution in [2.75, 3.05) is 41.7 Å². The van der Waals surface area contributed by atoms with Crippen LogP contribution in [0.3, 0.4) is 0 Å². The number of hydrogen-bond donors (Lipinski definition) is 1. The third-order valence-electron chi connectivity index (χ3n) is 3.71. The fourth-order valence-corrected chi connectivity index (χ4v) is 2.84. The number of hydrogen-bond acceptors (Lipinski definition) is 5. The molecular formula is C15H18ClN5. The molecule has 0 spiro atoms. The number of halogens is 1. The van der Waals surface area contributed by atoms with E-state index in [4.69, 9.17) is 17.3 Å². The van der Waals surface area contributed by atoms with Gasteiger partial charge < -0.3 is 15.5 Å². The van der Waals surface area contributed by atoms with E-state index in [-0.39, 0.29) is 0 Å². The number of nitrogen functional groups attached to an aromatic ring is 1. The first kappa shape index (κ1) is 13.9. The molecule has 21 heavy (non-hydrogen) atoms. The van der Waals surface area contributed by atoms with Crippen LogP contribution in [0.5, 0.6) is 0 Å². The largest absolute Gasteiger partial charge is 0.382 e. The molecule has 6 heteroatoms. The van der Waals surface area contributed by atoms with E-state index in [1.165, 1.54) is 12.0 Å². The van der Waals surface area contributed by atoms with E-state index in [9.17, 15) is 0 Å². The molecule has 1 fully saturated rings. The molecule has 3 rings (SSSR count). The van der Waals surface area contributed by atoms with Crippen LogP contribution in [0.15, 0.2) is 36.7 Å². The molecule has 0 unspecified atom stereocenters. The standard InChI is InChI=1S/C15H18ClN5/c16-13-14(17)18-11-19-15(13)21-8-4-7-20(9-10-21)12-5-2-1-3-6-12/h1-3,5-6,11H,4,7-10H2,(H2,17,18,19). The van der Waals surface area contributed by atoms with Gasteiger partial charge in [-0.25, -0.2) is 9.97 Å². The third-order valence-corrected chi connectivity index (χ3v) is 4.08. The monoisotopic (exact) mass is 303 g/mol. The van der Waals surface area contributed by atoms with Crippen molar-refractivity contribution in [2.24, 2.45) is 0 Å². The third kappa shape index (κ3) is 3.03. The van der Waals surface area contributed by atoms with Gasteiger partial charge in [0.05, 0.1) is 0 Å². The summed E-state index contributed by atoms with van der Waals surface area (Å²) in [6.07, 6.45) is 2.52. The van der Waals surface area contributed by atoms with Gasteiger partial charge in [0.15, 0.2) is 5.82 Å². The Bertz CT molecular complexity index is 604. The topological polar surface area (TPSA) is 58.3 Å². The predicted molar refractivity (Wildman–Crippen MR) is 86.9 cm³/mol. The predicted octanol–water partition coefficient (Wildman–Crippen LogP) is 2.43. The lowest BCUT2D eigenvalue weighted by Crippen LogP contribution is -2.31. The molecule has 1 aromatic carbocycles. The van der Waals surface area contributed by atoms with Crippen LogP contribution < -0.4 is 15.5 Å². The summed E-state index contributed by atoms with van der Waals surface area (Å²) < 4.78 is 0. The van der Waals surface area contributed by atoms with Crippen LogP contribution in [-0.2, 0) is 0 Å². The van der Waals surface area contributed by atoms with E-state index < -0.39 is 0 Å². The summed E-state index contributed by atoms with van der Waals surface area (Å²) in [5, 5.41) is 0.450. The number of rotatable bonds is 2. The van der Waals surface area contributed by atoms with Crippen molar-refractivity contribution >= 4 is 28.9 Å². The lowest BCUT2D eigenvalue weighted by atomic mass is 10.3. The second-order valence-electron chi connectivity index (χ2n) is 5.06. The number of benzene rings is 1. The zero-order valence-electron chi connectivity index (χ0n) is 11.7. The first-order chi connectivity index (χ1) is 10.3. The molecular weight excluding hydrogens is 286 g/mol. The summed E-state index contributed by atoms with van der Waals surface area (Å²) in [6.45, 7) is 3.74. The zero-order valence-corrected chi connectivity index (χ0v) is 12.5. The van der Waals surface area contributed by atoms with Crippen LogP contribution in [0.4, 0.5) is 17.3 Å². The second kappa shape index (κ2) is 6.18. The Morgan fingerprint density at radius 3 is 2.48 bits per heavy atom. The van der Waals surface area contributed by atoms with Gasteiger partial charge in [-0.3, -0.25) is 0 Å². The van der Waals surface area contributed by atoms with Gasteiger partial charge in [0.2, 0.25) is 0 Å². The lowest BCUT2D eigenvalue weighted by Gasteiger charge is -2.24. The molecule has 2 aromatic rings. The minimum Gasteiger partial charge on any atom is -0.382 e. The lowest BCUT2D eigenvalue weighted by molar-refractivity contribution is 0.796. The maximum Gasteiger partial charge on any atom is 0.153 e. The maximum absolute atomic E-state index is 6.23. The van der Waals surface area contributed by atoms with E-state index in [0.29, 0.717) is 10.8 Å². The second-order valence-corrected chi connectivity index (χ2v) is 5.44. The highest BCUT2D eigenvalue weighted by Gasteiger charge is 2.19. The van der Waals surface area contributed by atoms with Crippen molar-refractivity contribution in [1.29, 1.82) is 0 Å². The molecule has 1 saturated heterocycles. The van der Waals surface area contributed by atoms with Crippen molar-refractivity contribution in [3.63, 3.8) is 0 Å². The van der Waals surface area contributed by atoms with Gasteiger partial charge in [-0.2, -0.15) is 0 Å². The molecule has 1 aromatic heterocycles. The molecule has 0 bridgehead atoms. The van der Waals surface area contributed by atoms with Crippen LogP contribution in [0, 0.1) is 0 Å². The summed E-state index contributed by atoms with van der Waals surface area (Å²) in [7, 11) is 0. The molecule has 0 radical (unpaired) electrons. The van der Waals surface area contributed by atoms with E-state index in [1.54, 1.807) is 0 Å². The normalized spacial score (nSPS) is 15.9. The van der Waals surface area contributed by atoms with Crippen LogP contribution in [0.2, 0.25) is 5.02 Å². The summed E-state index contributed by atoms with van der Waals surface area (Å²) >= 11 is 6.23. The summed E-state index contributed by atoms with van der Waals surface area (Å²) in [5.74, 6) is 1.07. The summed E-state index contributed by atoms with van der Waals surface area (Å²) in [4.78, 5) is 12.8.